The van der Waals surface area contributed by atoms with Gasteiger partial charge in [-0.1, -0.05) is 28.1 Å². The van der Waals surface area contributed by atoms with Crippen LogP contribution < -0.4 is 11.1 Å². The molecule has 3 nitrogen and oxygen atoms in total. The molecule has 1 aromatic heterocycles. The lowest BCUT2D eigenvalue weighted by Crippen LogP contribution is -2.22. The van der Waals surface area contributed by atoms with Gasteiger partial charge in [0.1, 0.15) is 0 Å². The Morgan fingerprint density at radius 2 is 2.19 bits per heavy atom. The van der Waals surface area contributed by atoms with Crippen LogP contribution in [0.4, 0.5) is 0 Å². The van der Waals surface area contributed by atoms with Crippen molar-refractivity contribution in [3.63, 3.8) is 0 Å². The van der Waals surface area contributed by atoms with Gasteiger partial charge in [0.05, 0.1) is 5.52 Å². The monoisotopic (exact) mass is 279 g/mol. The molecule has 4 heteroatoms. The molecular weight excluding hydrogens is 266 g/mol. The van der Waals surface area contributed by atoms with Gasteiger partial charge in [-0.2, -0.15) is 0 Å². The number of nitrogens with two attached hydrogens (primary N) is 1. The van der Waals surface area contributed by atoms with Gasteiger partial charge in [0.2, 0.25) is 0 Å². The molecule has 0 bridgehead atoms. The standard InChI is InChI=1S/C12H14BrN3/c13-11-4-3-9(8-15-7-5-14)12-10(11)2-1-6-16-12/h1-4,6,15H,5,7-8,14H2. The topological polar surface area (TPSA) is 50.9 Å². The molecule has 0 radical (unpaired) electrons. The lowest BCUT2D eigenvalue weighted by atomic mass is 10.1. The van der Waals surface area contributed by atoms with E-state index < -0.39 is 0 Å². The fourth-order valence-electron chi connectivity index (χ4n) is 1.66. The molecule has 0 unspecified atom stereocenters. The first-order valence-electron chi connectivity index (χ1n) is 5.26. The third-order valence-electron chi connectivity index (χ3n) is 2.44. The molecule has 2 aromatic rings. The van der Waals surface area contributed by atoms with Crippen LogP contribution in [-0.4, -0.2) is 18.1 Å². The number of pyridine rings is 1. The Morgan fingerprint density at radius 1 is 1.31 bits per heavy atom. The minimum absolute atomic E-state index is 0.655. The van der Waals surface area contributed by atoms with E-state index in [1.54, 1.807) is 0 Å². The maximum atomic E-state index is 5.44. The molecule has 0 spiro atoms. The summed E-state index contributed by atoms with van der Waals surface area (Å²) >= 11 is 3.53. The zero-order valence-electron chi connectivity index (χ0n) is 8.91. The highest BCUT2D eigenvalue weighted by Crippen LogP contribution is 2.24. The van der Waals surface area contributed by atoms with Crippen LogP contribution in [0.1, 0.15) is 5.56 Å². The van der Waals surface area contributed by atoms with Crippen molar-refractivity contribution in [1.82, 2.24) is 10.3 Å². The Bertz CT molecular complexity index is 485. The molecule has 84 valence electrons. The summed E-state index contributed by atoms with van der Waals surface area (Å²) in [6.45, 7) is 2.28. The molecule has 0 aliphatic carbocycles. The average molecular weight is 280 g/mol. The second-order valence-electron chi connectivity index (χ2n) is 3.57. The number of hydrogen-bond acceptors (Lipinski definition) is 3. The molecule has 1 aromatic carbocycles. The second kappa shape index (κ2) is 5.39. The highest BCUT2D eigenvalue weighted by molar-refractivity contribution is 9.10. The molecule has 2 rings (SSSR count). The lowest BCUT2D eigenvalue weighted by molar-refractivity contribution is 0.697. The van der Waals surface area contributed by atoms with Crippen molar-refractivity contribution >= 4 is 26.8 Å². The summed E-state index contributed by atoms with van der Waals surface area (Å²) in [5.41, 5.74) is 7.69. The van der Waals surface area contributed by atoms with E-state index in [0.29, 0.717) is 6.54 Å². The van der Waals surface area contributed by atoms with E-state index in [9.17, 15) is 0 Å². The summed E-state index contributed by atoms with van der Waals surface area (Å²) < 4.78 is 1.08. The van der Waals surface area contributed by atoms with Crippen molar-refractivity contribution < 1.29 is 0 Å². The Hall–Kier alpha value is -0.970. The van der Waals surface area contributed by atoms with Crippen LogP contribution in [0, 0.1) is 0 Å². The quantitative estimate of drug-likeness (QED) is 0.843. The second-order valence-corrected chi connectivity index (χ2v) is 4.43. The van der Waals surface area contributed by atoms with Crippen LogP contribution in [0.2, 0.25) is 0 Å². The number of fused-ring (bicyclic) bond motifs is 1. The lowest BCUT2D eigenvalue weighted by Gasteiger charge is -2.07. The SMILES string of the molecule is NCCNCc1ccc(Br)c2cccnc12. The van der Waals surface area contributed by atoms with Gasteiger partial charge in [-0.05, 0) is 17.7 Å². The predicted octanol–water partition coefficient (Wildman–Crippen LogP) is 2.05. The highest BCUT2D eigenvalue weighted by atomic mass is 79.9. The van der Waals surface area contributed by atoms with E-state index in [1.807, 2.05) is 12.3 Å². The molecule has 0 amide bonds. The van der Waals surface area contributed by atoms with Gasteiger partial charge in [0.25, 0.3) is 0 Å². The zero-order chi connectivity index (χ0) is 11.4. The van der Waals surface area contributed by atoms with E-state index in [0.717, 1.165) is 28.5 Å². The Labute approximate surface area is 103 Å². The summed E-state index contributed by atoms with van der Waals surface area (Å²) in [5, 5.41) is 4.43. The fourth-order valence-corrected chi connectivity index (χ4v) is 2.12. The van der Waals surface area contributed by atoms with E-state index in [4.69, 9.17) is 5.73 Å². The van der Waals surface area contributed by atoms with Crippen molar-refractivity contribution in [3.05, 3.63) is 40.5 Å². The molecule has 0 saturated carbocycles. The Balaban J connectivity index is 2.35. The molecule has 1 heterocycles. The number of halogens is 1. The van der Waals surface area contributed by atoms with E-state index in [2.05, 4.69) is 44.4 Å². The van der Waals surface area contributed by atoms with E-state index in [-0.39, 0.29) is 0 Å². The van der Waals surface area contributed by atoms with E-state index in [1.165, 1.54) is 5.56 Å². The number of benzene rings is 1. The smallest absolute Gasteiger partial charge is 0.0758 e. The third kappa shape index (κ3) is 2.40. The summed E-state index contributed by atoms with van der Waals surface area (Å²) in [6, 6.07) is 8.16. The van der Waals surface area contributed by atoms with Crippen LogP contribution in [0.3, 0.4) is 0 Å². The molecule has 0 aliphatic heterocycles. The Kier molecular flexibility index (Phi) is 3.88. The number of rotatable bonds is 4. The van der Waals surface area contributed by atoms with Gasteiger partial charge < -0.3 is 11.1 Å². The zero-order valence-corrected chi connectivity index (χ0v) is 10.5. The number of nitrogens with one attached hydrogen (secondary N) is 1. The number of aromatic nitrogens is 1. The molecule has 3 N–H and O–H groups in total. The predicted molar refractivity (Wildman–Crippen MR) is 70.2 cm³/mol. The van der Waals surface area contributed by atoms with Crippen LogP contribution in [-0.2, 0) is 6.54 Å². The van der Waals surface area contributed by atoms with Crippen molar-refractivity contribution in [3.8, 4) is 0 Å². The van der Waals surface area contributed by atoms with Gasteiger partial charge in [0, 0.05) is 35.7 Å². The van der Waals surface area contributed by atoms with Crippen molar-refractivity contribution in [1.29, 1.82) is 0 Å². The molecule has 0 fully saturated rings. The average Bonchev–Trinajstić information content (AvgIpc) is 2.33. The Morgan fingerprint density at radius 3 is 3.00 bits per heavy atom. The number of hydrogen-bond donors (Lipinski definition) is 2. The van der Waals surface area contributed by atoms with Gasteiger partial charge in [-0.25, -0.2) is 0 Å². The minimum atomic E-state index is 0.655. The van der Waals surface area contributed by atoms with Crippen LogP contribution in [0.15, 0.2) is 34.9 Å². The molecular formula is C12H14BrN3. The van der Waals surface area contributed by atoms with Gasteiger partial charge >= 0.3 is 0 Å². The summed E-state index contributed by atoms with van der Waals surface area (Å²) in [7, 11) is 0. The van der Waals surface area contributed by atoms with Gasteiger partial charge in [-0.15, -0.1) is 0 Å². The van der Waals surface area contributed by atoms with Crippen LogP contribution >= 0.6 is 15.9 Å². The summed E-state index contributed by atoms with van der Waals surface area (Å²) in [4.78, 5) is 4.42. The van der Waals surface area contributed by atoms with Crippen molar-refractivity contribution in [2.75, 3.05) is 13.1 Å². The molecule has 0 saturated heterocycles. The van der Waals surface area contributed by atoms with E-state index >= 15 is 0 Å². The van der Waals surface area contributed by atoms with Crippen LogP contribution in [0.25, 0.3) is 10.9 Å². The van der Waals surface area contributed by atoms with Crippen LogP contribution in [0.5, 0.6) is 0 Å². The molecule has 0 aliphatic rings. The minimum Gasteiger partial charge on any atom is -0.329 e. The first-order chi connectivity index (χ1) is 7.83. The van der Waals surface area contributed by atoms with Crippen molar-refractivity contribution in [2.24, 2.45) is 5.73 Å². The first-order valence-corrected chi connectivity index (χ1v) is 6.05. The fraction of sp³-hybridized carbons (Fsp3) is 0.250. The number of nitrogens with zero attached hydrogens (tertiary/aromatic N) is 1. The largest absolute Gasteiger partial charge is 0.329 e. The first kappa shape index (κ1) is 11.5. The van der Waals surface area contributed by atoms with Gasteiger partial charge in [0.15, 0.2) is 0 Å². The summed E-state index contributed by atoms with van der Waals surface area (Å²) in [6.07, 6.45) is 1.82. The summed E-state index contributed by atoms with van der Waals surface area (Å²) in [5.74, 6) is 0. The highest BCUT2D eigenvalue weighted by Gasteiger charge is 2.04. The molecule has 0 atom stereocenters. The maximum absolute atomic E-state index is 5.44. The molecule has 16 heavy (non-hydrogen) atoms. The van der Waals surface area contributed by atoms with Gasteiger partial charge in [-0.3, -0.25) is 4.98 Å². The normalized spacial score (nSPS) is 10.9. The van der Waals surface area contributed by atoms with Crippen molar-refractivity contribution in [2.45, 2.75) is 6.54 Å². The third-order valence-corrected chi connectivity index (χ3v) is 3.13. The maximum Gasteiger partial charge on any atom is 0.0758 e.